The van der Waals surface area contributed by atoms with Crippen molar-refractivity contribution in [2.45, 2.75) is 17.8 Å². The fraction of sp³-hybridized carbons (Fsp3) is 0.316. The minimum absolute atomic E-state index is 0.0169. The molecule has 6 nitrogen and oxygen atoms in total. The highest BCUT2D eigenvalue weighted by Crippen LogP contribution is 2.33. The van der Waals surface area contributed by atoms with Crippen LogP contribution in [0.3, 0.4) is 0 Å². The van der Waals surface area contributed by atoms with Gasteiger partial charge in [-0.25, -0.2) is 13.6 Å². The maximum absolute atomic E-state index is 14.2. The van der Waals surface area contributed by atoms with Crippen LogP contribution in [0, 0.1) is 15.2 Å². The van der Waals surface area contributed by atoms with Crippen molar-refractivity contribution in [2.24, 2.45) is 0 Å². The predicted molar refractivity (Wildman–Crippen MR) is 124 cm³/mol. The number of hydrogen-bond acceptors (Lipinski definition) is 5. The van der Waals surface area contributed by atoms with Crippen LogP contribution in [0.15, 0.2) is 30.3 Å². The van der Waals surface area contributed by atoms with Crippen LogP contribution in [0.4, 0.5) is 20.2 Å². The summed E-state index contributed by atoms with van der Waals surface area (Å²) in [7, 11) is 0. The van der Waals surface area contributed by atoms with Crippen molar-refractivity contribution >= 4 is 74.1 Å². The minimum Gasteiger partial charge on any atom is -0.492 e. The Kier molecular flexibility index (Phi) is 7.98. The number of carboxylic acids is 1. The van der Waals surface area contributed by atoms with E-state index in [0.717, 1.165) is 12.1 Å². The van der Waals surface area contributed by atoms with E-state index in [0.29, 0.717) is 14.4 Å². The van der Waals surface area contributed by atoms with Crippen LogP contribution in [0.2, 0.25) is 0 Å². The Bertz CT molecular complexity index is 951. The van der Waals surface area contributed by atoms with Gasteiger partial charge in [0, 0.05) is 16.1 Å². The third-order valence-corrected chi connectivity index (χ3v) is 6.62. The van der Waals surface area contributed by atoms with E-state index in [-0.39, 0.29) is 42.0 Å². The number of carboxylic acid groups (broad SMARTS) is 1. The van der Waals surface area contributed by atoms with Crippen LogP contribution in [0.25, 0.3) is 0 Å². The highest BCUT2D eigenvalue weighted by atomic mass is 127. The molecular formula is C19H16ClF2I2NO5. The van der Waals surface area contributed by atoms with Gasteiger partial charge in [0.1, 0.15) is 22.9 Å². The zero-order valence-electron chi connectivity index (χ0n) is 15.3. The van der Waals surface area contributed by atoms with E-state index in [1.807, 2.05) is 45.2 Å². The number of alkyl halides is 2. The lowest BCUT2D eigenvalue weighted by Crippen LogP contribution is -2.25. The Labute approximate surface area is 203 Å². The number of rotatable bonds is 8. The van der Waals surface area contributed by atoms with Gasteiger partial charge in [0.15, 0.2) is 0 Å². The average Bonchev–Trinajstić information content (AvgIpc) is 3.05. The van der Waals surface area contributed by atoms with E-state index in [1.165, 1.54) is 12.1 Å². The number of aromatic carboxylic acids is 1. The molecule has 162 valence electrons. The first kappa shape index (κ1) is 23.7. The topological polar surface area (TPSA) is 77.0 Å². The molecule has 0 saturated carbocycles. The van der Waals surface area contributed by atoms with E-state index in [1.54, 1.807) is 6.07 Å². The van der Waals surface area contributed by atoms with Crippen LogP contribution in [-0.2, 0) is 9.47 Å². The summed E-state index contributed by atoms with van der Waals surface area (Å²) in [6.45, 7) is 0.312. The van der Waals surface area contributed by atoms with Crippen LogP contribution < -0.4 is 10.1 Å². The maximum Gasteiger partial charge on any atom is 0.341 e. The van der Waals surface area contributed by atoms with E-state index < -0.39 is 22.9 Å². The molecule has 2 atom stereocenters. The second kappa shape index (κ2) is 10.1. The third-order valence-electron chi connectivity index (χ3n) is 4.17. The fourth-order valence-electron chi connectivity index (χ4n) is 2.80. The summed E-state index contributed by atoms with van der Waals surface area (Å²) in [4.78, 5) is 11.8. The minimum atomic E-state index is -1.34. The highest BCUT2D eigenvalue weighted by molar-refractivity contribution is 14.1. The van der Waals surface area contributed by atoms with Crippen LogP contribution in [0.1, 0.15) is 16.8 Å². The van der Waals surface area contributed by atoms with Crippen molar-refractivity contribution in [1.29, 1.82) is 0 Å². The molecule has 0 aromatic heterocycles. The average molecular weight is 666 g/mol. The van der Waals surface area contributed by atoms with Gasteiger partial charge in [-0.15, -0.1) is 0 Å². The van der Waals surface area contributed by atoms with Gasteiger partial charge in [0.05, 0.1) is 35.1 Å². The first-order valence-corrected chi connectivity index (χ1v) is 11.7. The monoisotopic (exact) mass is 665 g/mol. The van der Waals surface area contributed by atoms with Crippen molar-refractivity contribution in [3.05, 3.63) is 51.1 Å². The number of carbonyl (C=O) groups is 1. The fourth-order valence-corrected chi connectivity index (χ4v) is 3.84. The Morgan fingerprint density at radius 2 is 2.10 bits per heavy atom. The second-order valence-electron chi connectivity index (χ2n) is 6.36. The molecule has 1 aliphatic heterocycles. The molecular weight excluding hydrogens is 649 g/mol. The zero-order chi connectivity index (χ0) is 21.9. The highest BCUT2D eigenvalue weighted by Gasteiger charge is 2.38. The van der Waals surface area contributed by atoms with Gasteiger partial charge in [-0.3, -0.25) is 0 Å². The zero-order valence-corrected chi connectivity index (χ0v) is 20.3. The lowest BCUT2D eigenvalue weighted by molar-refractivity contribution is -0.0782. The third kappa shape index (κ3) is 5.84. The van der Waals surface area contributed by atoms with E-state index >= 15 is 0 Å². The molecule has 1 fully saturated rings. The molecule has 2 unspecified atom stereocenters. The number of ether oxygens (including phenoxy) is 3. The second-order valence-corrected chi connectivity index (χ2v) is 8.95. The van der Waals surface area contributed by atoms with Crippen molar-refractivity contribution < 1.29 is 32.9 Å². The first-order valence-electron chi connectivity index (χ1n) is 8.69. The number of hydrogen-bond donors (Lipinski definition) is 2. The van der Waals surface area contributed by atoms with Crippen LogP contribution in [0.5, 0.6) is 5.75 Å². The van der Waals surface area contributed by atoms with Gasteiger partial charge >= 0.3 is 5.97 Å². The number of benzene rings is 2. The Morgan fingerprint density at radius 1 is 1.33 bits per heavy atom. The van der Waals surface area contributed by atoms with Gasteiger partial charge in [-0.1, -0.05) is 34.2 Å². The molecule has 1 aliphatic rings. The SMILES string of the molecule is O=C(O)c1c(Nc2ccc(I)cc2F)cc(F)cc1OCCC1COC(Cl)(CI)O1. The smallest absolute Gasteiger partial charge is 0.341 e. The maximum atomic E-state index is 14.2. The largest absolute Gasteiger partial charge is 0.492 e. The molecule has 0 bridgehead atoms. The normalized spacial score (nSPS) is 20.9. The predicted octanol–water partition coefficient (Wildman–Crippen LogP) is 5.52. The molecule has 30 heavy (non-hydrogen) atoms. The van der Waals surface area contributed by atoms with Crippen molar-refractivity contribution in [3.63, 3.8) is 0 Å². The molecule has 1 heterocycles. The lowest BCUT2D eigenvalue weighted by Gasteiger charge is -2.18. The summed E-state index contributed by atoms with van der Waals surface area (Å²) in [5.41, 5.74) is -0.414. The molecule has 3 rings (SSSR count). The van der Waals surface area contributed by atoms with Gasteiger partial charge < -0.3 is 24.6 Å². The number of nitrogens with one attached hydrogen (secondary N) is 1. The Morgan fingerprint density at radius 3 is 2.73 bits per heavy atom. The van der Waals surface area contributed by atoms with Crippen LogP contribution in [-0.4, -0.2) is 40.1 Å². The Hall–Kier alpha value is -0.960. The molecule has 2 aromatic carbocycles. The quantitative estimate of drug-likeness (QED) is 0.286. The van der Waals surface area contributed by atoms with E-state index in [4.69, 9.17) is 25.8 Å². The molecule has 11 heteroatoms. The summed E-state index contributed by atoms with van der Waals surface area (Å²) in [6.07, 6.45) is 0.0208. The standard InChI is InChI=1S/C19H16ClF2I2NO5/c20-19(9-23)29-8-12(30-19)3-4-28-16-6-10(21)5-15(17(16)18(26)27)25-14-2-1-11(24)7-13(14)22/h1-2,5-7,12,25H,3-4,8-9H2,(H,26,27). The molecule has 1 saturated heterocycles. The molecule has 0 spiro atoms. The molecule has 0 radical (unpaired) electrons. The van der Waals surface area contributed by atoms with Crippen molar-refractivity contribution in [2.75, 3.05) is 23.0 Å². The van der Waals surface area contributed by atoms with E-state index in [2.05, 4.69) is 5.32 Å². The summed E-state index contributed by atoms with van der Waals surface area (Å²) in [5, 5.41) is 11.1. The van der Waals surface area contributed by atoms with E-state index in [9.17, 15) is 18.7 Å². The molecule has 2 aromatic rings. The first-order chi connectivity index (χ1) is 14.2. The van der Waals surface area contributed by atoms with Gasteiger partial charge in [0.2, 0.25) is 0 Å². The molecule has 0 aliphatic carbocycles. The van der Waals surface area contributed by atoms with Crippen LogP contribution >= 0.6 is 56.8 Å². The van der Waals surface area contributed by atoms with Crippen molar-refractivity contribution in [3.8, 4) is 5.75 Å². The summed E-state index contributed by atoms with van der Waals surface area (Å²) < 4.78 is 45.9. The summed E-state index contributed by atoms with van der Waals surface area (Å²) in [5.74, 6) is -2.85. The molecule has 0 amide bonds. The Balaban J connectivity index is 1.77. The number of anilines is 2. The molecule has 2 N–H and O–H groups in total. The van der Waals surface area contributed by atoms with Gasteiger partial charge in [-0.2, -0.15) is 0 Å². The number of halogens is 5. The van der Waals surface area contributed by atoms with Crippen molar-refractivity contribution in [1.82, 2.24) is 0 Å². The summed E-state index contributed by atoms with van der Waals surface area (Å²) >= 11 is 10.1. The lowest BCUT2D eigenvalue weighted by atomic mass is 10.1. The van der Waals surface area contributed by atoms with Gasteiger partial charge in [-0.05, 0) is 46.9 Å². The van der Waals surface area contributed by atoms with Gasteiger partial charge in [0.25, 0.3) is 5.25 Å². The summed E-state index contributed by atoms with van der Waals surface area (Å²) in [6, 6.07) is 6.30.